The third kappa shape index (κ3) is 4.65. The molecule has 2 heterocycles. The summed E-state index contributed by atoms with van der Waals surface area (Å²) in [6.07, 6.45) is 3.76. The van der Waals surface area contributed by atoms with E-state index in [1.807, 2.05) is 12.4 Å². The van der Waals surface area contributed by atoms with E-state index in [0.717, 1.165) is 37.2 Å². The molecule has 1 fully saturated rings. The van der Waals surface area contributed by atoms with Crippen molar-refractivity contribution in [3.8, 4) is 0 Å². The minimum absolute atomic E-state index is 0.957. The van der Waals surface area contributed by atoms with Gasteiger partial charge in [-0.05, 0) is 34.6 Å². The van der Waals surface area contributed by atoms with Crippen LogP contribution >= 0.6 is 15.9 Å². The Hall–Kier alpha value is -0.490. The van der Waals surface area contributed by atoms with Gasteiger partial charge in [-0.2, -0.15) is 0 Å². The highest BCUT2D eigenvalue weighted by Gasteiger charge is 2.10. The standard InChI is InChI=1S/C13H21BrN4/c1-17(6-7-18-4-2-15-3-5-18)11-12-8-13(14)10-16-9-12/h8-10,15H,2-7,11H2,1H3. The zero-order valence-electron chi connectivity index (χ0n) is 10.9. The van der Waals surface area contributed by atoms with Gasteiger partial charge in [0.1, 0.15) is 0 Å². The van der Waals surface area contributed by atoms with Gasteiger partial charge in [-0.3, -0.25) is 9.88 Å². The maximum absolute atomic E-state index is 4.20. The van der Waals surface area contributed by atoms with Crippen LogP contribution in [0.1, 0.15) is 5.56 Å². The molecule has 1 aliphatic heterocycles. The Morgan fingerprint density at radius 2 is 2.17 bits per heavy atom. The number of hydrogen-bond donors (Lipinski definition) is 1. The highest BCUT2D eigenvalue weighted by molar-refractivity contribution is 9.10. The van der Waals surface area contributed by atoms with Gasteiger partial charge in [-0.1, -0.05) is 0 Å². The molecular weight excluding hydrogens is 292 g/mol. The van der Waals surface area contributed by atoms with Crippen molar-refractivity contribution < 1.29 is 0 Å². The molecule has 4 nitrogen and oxygen atoms in total. The van der Waals surface area contributed by atoms with E-state index in [2.05, 4.69) is 49.1 Å². The Balaban J connectivity index is 1.72. The SMILES string of the molecule is CN(CCN1CCNCC1)Cc1cncc(Br)c1. The molecule has 0 aliphatic carbocycles. The molecule has 0 atom stereocenters. The number of piperazine rings is 1. The van der Waals surface area contributed by atoms with Crippen molar-refractivity contribution in [2.45, 2.75) is 6.54 Å². The van der Waals surface area contributed by atoms with Gasteiger partial charge in [0.25, 0.3) is 0 Å². The lowest BCUT2D eigenvalue weighted by molar-refractivity contribution is 0.202. The maximum atomic E-state index is 4.20. The summed E-state index contributed by atoms with van der Waals surface area (Å²) in [7, 11) is 2.17. The highest BCUT2D eigenvalue weighted by atomic mass is 79.9. The number of halogens is 1. The first-order valence-electron chi connectivity index (χ1n) is 6.45. The predicted molar refractivity (Wildman–Crippen MR) is 77.6 cm³/mol. The van der Waals surface area contributed by atoms with E-state index in [-0.39, 0.29) is 0 Å². The van der Waals surface area contributed by atoms with Crippen molar-refractivity contribution in [1.29, 1.82) is 0 Å². The summed E-state index contributed by atoms with van der Waals surface area (Å²) in [6.45, 7) is 7.81. The summed E-state index contributed by atoms with van der Waals surface area (Å²) in [5.74, 6) is 0. The molecule has 0 amide bonds. The molecule has 0 radical (unpaired) electrons. The van der Waals surface area contributed by atoms with E-state index in [0.29, 0.717) is 0 Å². The van der Waals surface area contributed by atoms with Crippen LogP contribution in [0.5, 0.6) is 0 Å². The molecular formula is C13H21BrN4. The number of rotatable bonds is 5. The Kier molecular flexibility index (Phi) is 5.56. The summed E-state index contributed by atoms with van der Waals surface area (Å²) in [5.41, 5.74) is 1.26. The summed E-state index contributed by atoms with van der Waals surface area (Å²) in [5, 5.41) is 3.38. The average molecular weight is 313 g/mol. The molecule has 0 saturated carbocycles. The smallest absolute Gasteiger partial charge is 0.0410 e. The van der Waals surface area contributed by atoms with Gasteiger partial charge < -0.3 is 10.2 Å². The Labute approximate surface area is 118 Å². The van der Waals surface area contributed by atoms with Crippen molar-refractivity contribution in [1.82, 2.24) is 20.1 Å². The second-order valence-corrected chi connectivity index (χ2v) is 5.76. The van der Waals surface area contributed by atoms with Crippen LogP contribution in [0.25, 0.3) is 0 Å². The van der Waals surface area contributed by atoms with Gasteiger partial charge in [0, 0.05) is 62.7 Å². The van der Waals surface area contributed by atoms with E-state index in [1.165, 1.54) is 18.7 Å². The molecule has 1 aliphatic rings. The van der Waals surface area contributed by atoms with Crippen LogP contribution in [-0.2, 0) is 6.54 Å². The van der Waals surface area contributed by atoms with Crippen LogP contribution < -0.4 is 5.32 Å². The molecule has 0 unspecified atom stereocenters. The second-order valence-electron chi connectivity index (χ2n) is 4.84. The minimum Gasteiger partial charge on any atom is -0.314 e. The molecule has 1 aromatic heterocycles. The number of likely N-dealkylation sites (N-methyl/N-ethyl adjacent to an activating group) is 1. The quantitative estimate of drug-likeness (QED) is 0.885. The fraction of sp³-hybridized carbons (Fsp3) is 0.615. The molecule has 100 valence electrons. The maximum Gasteiger partial charge on any atom is 0.0410 e. The van der Waals surface area contributed by atoms with E-state index >= 15 is 0 Å². The first-order chi connectivity index (χ1) is 8.74. The number of aromatic nitrogens is 1. The second kappa shape index (κ2) is 7.19. The van der Waals surface area contributed by atoms with Crippen molar-refractivity contribution >= 4 is 15.9 Å². The molecule has 18 heavy (non-hydrogen) atoms. The number of nitrogens with zero attached hydrogens (tertiary/aromatic N) is 3. The van der Waals surface area contributed by atoms with Crippen molar-refractivity contribution in [2.75, 3.05) is 46.3 Å². The zero-order chi connectivity index (χ0) is 12.8. The average Bonchev–Trinajstić information content (AvgIpc) is 2.38. The van der Waals surface area contributed by atoms with Gasteiger partial charge in [0.15, 0.2) is 0 Å². The molecule has 1 N–H and O–H groups in total. The molecule has 1 saturated heterocycles. The van der Waals surface area contributed by atoms with Crippen LogP contribution in [0.3, 0.4) is 0 Å². The first kappa shape index (κ1) is 13.9. The molecule has 0 aromatic carbocycles. The van der Waals surface area contributed by atoms with Gasteiger partial charge >= 0.3 is 0 Å². The van der Waals surface area contributed by atoms with Crippen LogP contribution in [-0.4, -0.2) is 61.1 Å². The third-order valence-corrected chi connectivity index (χ3v) is 3.66. The van der Waals surface area contributed by atoms with Crippen LogP contribution in [0, 0.1) is 0 Å². The van der Waals surface area contributed by atoms with E-state index < -0.39 is 0 Å². The molecule has 1 aromatic rings. The zero-order valence-corrected chi connectivity index (χ0v) is 12.5. The number of nitrogens with one attached hydrogen (secondary N) is 1. The molecule has 5 heteroatoms. The van der Waals surface area contributed by atoms with Crippen LogP contribution in [0.4, 0.5) is 0 Å². The summed E-state index contributed by atoms with van der Waals surface area (Å²) in [6, 6.07) is 2.13. The fourth-order valence-corrected chi connectivity index (χ4v) is 2.59. The van der Waals surface area contributed by atoms with Crippen LogP contribution in [0.15, 0.2) is 22.9 Å². The van der Waals surface area contributed by atoms with Gasteiger partial charge in [-0.15, -0.1) is 0 Å². The van der Waals surface area contributed by atoms with Crippen molar-refractivity contribution in [2.24, 2.45) is 0 Å². The minimum atomic E-state index is 0.957. The molecule has 0 spiro atoms. The Morgan fingerprint density at radius 3 is 2.89 bits per heavy atom. The van der Waals surface area contributed by atoms with Gasteiger partial charge in [-0.25, -0.2) is 0 Å². The predicted octanol–water partition coefficient (Wildman–Crippen LogP) is 1.18. The van der Waals surface area contributed by atoms with Crippen molar-refractivity contribution in [3.05, 3.63) is 28.5 Å². The fourth-order valence-electron chi connectivity index (χ4n) is 2.18. The Bertz CT molecular complexity index is 366. The summed E-state index contributed by atoms with van der Waals surface area (Å²) < 4.78 is 1.05. The molecule has 0 bridgehead atoms. The van der Waals surface area contributed by atoms with E-state index in [4.69, 9.17) is 0 Å². The highest BCUT2D eigenvalue weighted by Crippen LogP contribution is 2.10. The van der Waals surface area contributed by atoms with Crippen molar-refractivity contribution in [3.63, 3.8) is 0 Å². The number of pyridine rings is 1. The lowest BCUT2D eigenvalue weighted by Gasteiger charge is -2.29. The van der Waals surface area contributed by atoms with E-state index in [1.54, 1.807) is 0 Å². The van der Waals surface area contributed by atoms with E-state index in [9.17, 15) is 0 Å². The van der Waals surface area contributed by atoms with Crippen LogP contribution in [0.2, 0.25) is 0 Å². The third-order valence-electron chi connectivity index (χ3n) is 3.22. The van der Waals surface area contributed by atoms with Gasteiger partial charge in [0.05, 0.1) is 0 Å². The first-order valence-corrected chi connectivity index (χ1v) is 7.24. The Morgan fingerprint density at radius 1 is 1.39 bits per heavy atom. The normalized spacial score (nSPS) is 17.3. The summed E-state index contributed by atoms with van der Waals surface area (Å²) in [4.78, 5) is 9.07. The van der Waals surface area contributed by atoms with Gasteiger partial charge in [0.2, 0.25) is 0 Å². The topological polar surface area (TPSA) is 31.4 Å². The molecule has 2 rings (SSSR count). The monoisotopic (exact) mass is 312 g/mol. The lowest BCUT2D eigenvalue weighted by Crippen LogP contribution is -2.45. The lowest BCUT2D eigenvalue weighted by atomic mass is 10.2. The largest absolute Gasteiger partial charge is 0.314 e. The summed E-state index contributed by atoms with van der Waals surface area (Å²) >= 11 is 3.46. The number of hydrogen-bond acceptors (Lipinski definition) is 4.